The quantitative estimate of drug-likeness (QED) is 0.714. The lowest BCUT2D eigenvalue weighted by atomic mass is 10.3. The molecule has 0 saturated heterocycles. The largest absolute Gasteiger partial charge is 0.487 e. The SMILES string of the molecule is O=P1(O)OCCOc2ccccc2OCCO1. The summed E-state index contributed by atoms with van der Waals surface area (Å²) in [5.41, 5.74) is 0. The molecular formula is C10H13O6P. The van der Waals surface area contributed by atoms with Gasteiger partial charge < -0.3 is 14.4 Å². The third-order valence-electron chi connectivity index (χ3n) is 2.04. The van der Waals surface area contributed by atoms with Crippen LogP contribution in [0.2, 0.25) is 0 Å². The third-order valence-corrected chi connectivity index (χ3v) is 3.06. The van der Waals surface area contributed by atoms with Crippen molar-refractivity contribution in [2.45, 2.75) is 0 Å². The van der Waals surface area contributed by atoms with Gasteiger partial charge in [0.1, 0.15) is 13.2 Å². The van der Waals surface area contributed by atoms with Gasteiger partial charge in [0, 0.05) is 0 Å². The molecule has 0 fully saturated rings. The summed E-state index contributed by atoms with van der Waals surface area (Å²) in [5.74, 6) is 1.15. The first-order valence-electron chi connectivity index (χ1n) is 5.14. The van der Waals surface area contributed by atoms with Crippen LogP contribution < -0.4 is 9.47 Å². The van der Waals surface area contributed by atoms with E-state index in [4.69, 9.17) is 9.47 Å². The number of phosphoric acid groups is 1. The molecule has 0 spiro atoms. The van der Waals surface area contributed by atoms with Crippen LogP contribution in [0.1, 0.15) is 0 Å². The maximum Gasteiger partial charge on any atom is 0.472 e. The molecule has 0 bridgehead atoms. The summed E-state index contributed by atoms with van der Waals surface area (Å²) in [6.07, 6.45) is 0. The number of fused-ring (bicyclic) bond motifs is 1. The van der Waals surface area contributed by atoms with Gasteiger partial charge >= 0.3 is 7.82 Å². The molecule has 0 atom stereocenters. The van der Waals surface area contributed by atoms with Crippen molar-refractivity contribution < 1.29 is 28.0 Å². The third kappa shape index (κ3) is 3.71. The summed E-state index contributed by atoms with van der Waals surface area (Å²) in [6.45, 7) is 0.243. The van der Waals surface area contributed by atoms with E-state index in [-0.39, 0.29) is 26.4 Å². The van der Waals surface area contributed by atoms with E-state index in [1.165, 1.54) is 0 Å². The molecule has 0 aromatic heterocycles. The summed E-state index contributed by atoms with van der Waals surface area (Å²) >= 11 is 0. The highest BCUT2D eigenvalue weighted by atomic mass is 31.2. The normalized spacial score (nSPS) is 20.3. The molecule has 7 heteroatoms. The lowest BCUT2D eigenvalue weighted by Crippen LogP contribution is -2.06. The topological polar surface area (TPSA) is 74.2 Å². The van der Waals surface area contributed by atoms with Crippen LogP contribution in [-0.2, 0) is 13.6 Å². The molecule has 1 aromatic rings. The molecule has 0 amide bonds. The van der Waals surface area contributed by atoms with Gasteiger partial charge in [-0.3, -0.25) is 9.05 Å². The van der Waals surface area contributed by atoms with Crippen LogP contribution in [0.3, 0.4) is 0 Å². The van der Waals surface area contributed by atoms with Crippen LogP contribution in [0.15, 0.2) is 24.3 Å². The molecule has 6 nitrogen and oxygen atoms in total. The van der Waals surface area contributed by atoms with E-state index in [2.05, 4.69) is 9.05 Å². The van der Waals surface area contributed by atoms with E-state index in [9.17, 15) is 9.46 Å². The summed E-state index contributed by atoms with van der Waals surface area (Å²) in [4.78, 5) is 9.21. The Morgan fingerprint density at radius 1 is 0.941 bits per heavy atom. The van der Waals surface area contributed by atoms with Gasteiger partial charge in [0.05, 0.1) is 13.2 Å². The molecular weight excluding hydrogens is 247 g/mol. The second kappa shape index (κ2) is 5.51. The van der Waals surface area contributed by atoms with Gasteiger partial charge in [0.25, 0.3) is 0 Å². The Balaban J connectivity index is 2.08. The number of hydrogen-bond donors (Lipinski definition) is 1. The molecule has 0 saturated carbocycles. The average molecular weight is 260 g/mol. The molecule has 1 aliphatic rings. The second-order valence-electron chi connectivity index (χ2n) is 3.28. The van der Waals surface area contributed by atoms with Gasteiger partial charge in [0.2, 0.25) is 0 Å². The fourth-order valence-electron chi connectivity index (χ4n) is 1.33. The van der Waals surface area contributed by atoms with Gasteiger partial charge in [-0.25, -0.2) is 4.57 Å². The van der Waals surface area contributed by atoms with Crippen LogP contribution in [0.4, 0.5) is 0 Å². The lowest BCUT2D eigenvalue weighted by Gasteiger charge is -2.10. The zero-order valence-electron chi connectivity index (χ0n) is 9.07. The maximum atomic E-state index is 11.3. The molecule has 17 heavy (non-hydrogen) atoms. The standard InChI is InChI=1S/C10H13O6P/c11-17(12)15-7-5-13-9-3-1-2-4-10(9)14-6-8-16-17/h1-4H,5-8H2,(H,11,12). The second-order valence-corrected chi connectivity index (χ2v) is 4.73. The first-order chi connectivity index (χ1) is 8.17. The van der Waals surface area contributed by atoms with Crippen molar-refractivity contribution in [2.75, 3.05) is 26.4 Å². The Labute approximate surface area is 98.7 Å². The van der Waals surface area contributed by atoms with Crippen LogP contribution in [0.5, 0.6) is 11.5 Å². The van der Waals surface area contributed by atoms with Crippen molar-refractivity contribution in [3.8, 4) is 11.5 Å². The number of hydrogen-bond acceptors (Lipinski definition) is 5. The van der Waals surface area contributed by atoms with E-state index in [0.717, 1.165) is 0 Å². The minimum atomic E-state index is -3.98. The van der Waals surface area contributed by atoms with Crippen molar-refractivity contribution in [3.05, 3.63) is 24.3 Å². The minimum absolute atomic E-state index is 0.0257. The molecule has 1 N–H and O–H groups in total. The van der Waals surface area contributed by atoms with Crippen molar-refractivity contribution in [3.63, 3.8) is 0 Å². The monoisotopic (exact) mass is 260 g/mol. The van der Waals surface area contributed by atoms with Gasteiger partial charge in [0.15, 0.2) is 11.5 Å². The van der Waals surface area contributed by atoms with E-state index in [1.54, 1.807) is 12.1 Å². The Hall–Kier alpha value is -1.07. The van der Waals surface area contributed by atoms with Gasteiger partial charge in [-0.2, -0.15) is 0 Å². The molecule has 94 valence electrons. The van der Waals surface area contributed by atoms with Gasteiger partial charge in [-0.15, -0.1) is 0 Å². The molecule has 1 aromatic carbocycles. The summed E-state index contributed by atoms with van der Waals surface area (Å²) in [6, 6.07) is 7.14. The predicted octanol–water partition coefficient (Wildman–Crippen LogP) is 1.59. The number of benzene rings is 1. The van der Waals surface area contributed by atoms with Crippen molar-refractivity contribution in [1.29, 1.82) is 0 Å². The Bertz CT molecular complexity index is 386. The number of ether oxygens (including phenoxy) is 2. The Morgan fingerprint density at radius 3 is 1.88 bits per heavy atom. The van der Waals surface area contributed by atoms with Crippen molar-refractivity contribution in [1.82, 2.24) is 0 Å². The Kier molecular flexibility index (Phi) is 4.02. The van der Waals surface area contributed by atoms with E-state index < -0.39 is 7.82 Å². The molecule has 0 radical (unpaired) electrons. The summed E-state index contributed by atoms with van der Waals surface area (Å²) in [5, 5.41) is 0. The highest BCUT2D eigenvalue weighted by Crippen LogP contribution is 2.43. The smallest absolute Gasteiger partial charge is 0.472 e. The van der Waals surface area contributed by atoms with Crippen LogP contribution in [0.25, 0.3) is 0 Å². The van der Waals surface area contributed by atoms with Crippen LogP contribution >= 0.6 is 7.82 Å². The zero-order valence-corrected chi connectivity index (χ0v) is 9.97. The fourth-order valence-corrected chi connectivity index (χ4v) is 2.02. The lowest BCUT2D eigenvalue weighted by molar-refractivity contribution is 0.123. The summed E-state index contributed by atoms with van der Waals surface area (Å²) < 4.78 is 31.4. The number of rotatable bonds is 0. The first kappa shape index (κ1) is 12.4. The van der Waals surface area contributed by atoms with E-state index in [1.807, 2.05) is 12.1 Å². The highest BCUT2D eigenvalue weighted by molar-refractivity contribution is 7.47. The van der Waals surface area contributed by atoms with Crippen LogP contribution in [0, 0.1) is 0 Å². The fraction of sp³-hybridized carbons (Fsp3) is 0.400. The van der Waals surface area contributed by atoms with Crippen molar-refractivity contribution >= 4 is 7.82 Å². The zero-order chi connectivity index (χ0) is 12.1. The predicted molar refractivity (Wildman–Crippen MR) is 59.2 cm³/mol. The average Bonchev–Trinajstić information content (AvgIpc) is 2.34. The molecule has 0 aliphatic carbocycles. The molecule has 1 heterocycles. The van der Waals surface area contributed by atoms with E-state index in [0.29, 0.717) is 11.5 Å². The van der Waals surface area contributed by atoms with Gasteiger partial charge in [-0.05, 0) is 12.1 Å². The van der Waals surface area contributed by atoms with E-state index >= 15 is 0 Å². The van der Waals surface area contributed by atoms with Gasteiger partial charge in [-0.1, -0.05) is 12.1 Å². The number of para-hydroxylation sites is 2. The maximum absolute atomic E-state index is 11.3. The molecule has 0 unspecified atom stereocenters. The molecule has 1 aliphatic heterocycles. The van der Waals surface area contributed by atoms with Crippen LogP contribution in [-0.4, -0.2) is 31.3 Å². The highest BCUT2D eigenvalue weighted by Gasteiger charge is 2.21. The molecule has 2 rings (SSSR count). The Morgan fingerprint density at radius 2 is 1.41 bits per heavy atom. The minimum Gasteiger partial charge on any atom is -0.487 e. The summed E-state index contributed by atoms with van der Waals surface area (Å²) in [7, 11) is -3.98. The number of phosphoric ester groups is 1. The first-order valence-corrected chi connectivity index (χ1v) is 6.63. The van der Waals surface area contributed by atoms with Crippen molar-refractivity contribution in [2.24, 2.45) is 0 Å².